The van der Waals surface area contributed by atoms with Crippen molar-refractivity contribution in [1.82, 2.24) is 5.32 Å². The quantitative estimate of drug-likeness (QED) is 0.787. The molecule has 2 fully saturated rings. The van der Waals surface area contributed by atoms with E-state index < -0.39 is 11.3 Å². The lowest BCUT2D eigenvalue weighted by Crippen LogP contribution is -2.46. The number of carbonyl (C=O) groups excluding carboxylic acids is 2. The summed E-state index contributed by atoms with van der Waals surface area (Å²) in [6, 6.07) is 5.66. The molecule has 2 saturated carbocycles. The maximum Gasteiger partial charge on any atom is 0.235 e. The van der Waals surface area contributed by atoms with Gasteiger partial charge in [-0.3, -0.25) is 9.59 Å². The maximum atomic E-state index is 12.2. The van der Waals surface area contributed by atoms with E-state index in [9.17, 15) is 9.59 Å². The maximum absolute atomic E-state index is 12.2. The summed E-state index contributed by atoms with van der Waals surface area (Å²) in [6.45, 7) is 0.246. The zero-order valence-corrected chi connectivity index (χ0v) is 14.0. The van der Waals surface area contributed by atoms with Gasteiger partial charge in [0.25, 0.3) is 0 Å². The Morgan fingerprint density at radius 1 is 1.12 bits per heavy atom. The summed E-state index contributed by atoms with van der Waals surface area (Å²) in [4.78, 5) is 23.7. The van der Waals surface area contributed by atoms with Crippen molar-refractivity contribution in [2.75, 3.05) is 6.79 Å². The molecule has 4 rings (SSSR count). The first-order chi connectivity index (χ1) is 12.1. The summed E-state index contributed by atoms with van der Waals surface area (Å²) in [6.07, 6.45) is 4.60. The molecular weight excluding hydrogens is 324 g/mol. The van der Waals surface area contributed by atoms with Crippen LogP contribution >= 0.6 is 0 Å². The summed E-state index contributed by atoms with van der Waals surface area (Å²) < 4.78 is 16.7. The van der Waals surface area contributed by atoms with Gasteiger partial charge >= 0.3 is 0 Å². The highest BCUT2D eigenvalue weighted by molar-refractivity contribution is 6.07. The molecule has 0 bridgehead atoms. The molecule has 2 amide bonds. The highest BCUT2D eigenvalue weighted by atomic mass is 16.7. The zero-order valence-electron chi connectivity index (χ0n) is 14.0. The van der Waals surface area contributed by atoms with Gasteiger partial charge in [-0.1, -0.05) is 0 Å². The van der Waals surface area contributed by atoms with Gasteiger partial charge in [0.15, 0.2) is 11.5 Å². The van der Waals surface area contributed by atoms with Gasteiger partial charge in [0.05, 0.1) is 6.10 Å². The van der Waals surface area contributed by atoms with Crippen LogP contribution in [0.15, 0.2) is 18.2 Å². The summed E-state index contributed by atoms with van der Waals surface area (Å²) >= 11 is 0. The first-order valence-electron chi connectivity index (χ1n) is 8.74. The smallest absolute Gasteiger partial charge is 0.235 e. The van der Waals surface area contributed by atoms with Gasteiger partial charge in [0, 0.05) is 12.1 Å². The summed E-state index contributed by atoms with van der Waals surface area (Å²) in [5.41, 5.74) is 4.40. The third-order valence-corrected chi connectivity index (χ3v) is 5.31. The van der Waals surface area contributed by atoms with E-state index >= 15 is 0 Å². The average molecular weight is 346 g/mol. The Morgan fingerprint density at radius 2 is 1.84 bits per heavy atom. The SMILES string of the molecule is NC(=O)C1(C(=O)NC2CCC(Oc3ccc4c(c3)OCO4)CC2)CC1. The Morgan fingerprint density at radius 3 is 2.52 bits per heavy atom. The number of carbonyl (C=O) groups is 2. The lowest BCUT2D eigenvalue weighted by molar-refractivity contribution is -0.136. The van der Waals surface area contributed by atoms with Crippen molar-refractivity contribution in [3.8, 4) is 17.2 Å². The van der Waals surface area contributed by atoms with Gasteiger partial charge in [0.2, 0.25) is 18.6 Å². The number of nitrogens with one attached hydrogen (secondary N) is 1. The fraction of sp³-hybridized carbons (Fsp3) is 0.556. The summed E-state index contributed by atoms with van der Waals surface area (Å²) in [7, 11) is 0. The van der Waals surface area contributed by atoms with E-state index in [1.807, 2.05) is 18.2 Å². The number of rotatable bonds is 5. The second-order valence-electron chi connectivity index (χ2n) is 7.03. The average Bonchev–Trinajstić information content (AvgIpc) is 3.30. The first-order valence-corrected chi connectivity index (χ1v) is 8.74. The van der Waals surface area contributed by atoms with Crippen molar-refractivity contribution in [3.05, 3.63) is 18.2 Å². The fourth-order valence-corrected chi connectivity index (χ4v) is 3.50. The van der Waals surface area contributed by atoms with Crippen LogP contribution in [-0.4, -0.2) is 30.8 Å². The lowest BCUT2D eigenvalue weighted by Gasteiger charge is -2.30. The van der Waals surface area contributed by atoms with Gasteiger partial charge in [-0.05, 0) is 50.7 Å². The molecule has 1 heterocycles. The Balaban J connectivity index is 1.27. The van der Waals surface area contributed by atoms with Gasteiger partial charge in [-0.15, -0.1) is 0 Å². The fourth-order valence-electron chi connectivity index (χ4n) is 3.50. The van der Waals surface area contributed by atoms with Crippen molar-refractivity contribution in [2.24, 2.45) is 11.1 Å². The second kappa shape index (κ2) is 6.13. The van der Waals surface area contributed by atoms with Crippen molar-refractivity contribution in [1.29, 1.82) is 0 Å². The molecule has 3 aliphatic rings. The zero-order chi connectivity index (χ0) is 17.4. The van der Waals surface area contributed by atoms with Crippen LogP contribution in [0.5, 0.6) is 17.2 Å². The van der Waals surface area contributed by atoms with Crippen LogP contribution in [0.2, 0.25) is 0 Å². The molecule has 0 saturated heterocycles. The van der Waals surface area contributed by atoms with Crippen LogP contribution < -0.4 is 25.3 Å². The number of hydrogen-bond donors (Lipinski definition) is 2. The van der Waals surface area contributed by atoms with Crippen LogP contribution in [0.3, 0.4) is 0 Å². The topological polar surface area (TPSA) is 99.9 Å². The molecule has 25 heavy (non-hydrogen) atoms. The number of benzene rings is 1. The molecule has 1 aromatic rings. The Kier molecular flexibility index (Phi) is 3.94. The largest absolute Gasteiger partial charge is 0.490 e. The van der Waals surface area contributed by atoms with Crippen LogP contribution in [0.25, 0.3) is 0 Å². The molecule has 0 aromatic heterocycles. The molecule has 7 heteroatoms. The van der Waals surface area contributed by atoms with Crippen LogP contribution in [0.4, 0.5) is 0 Å². The van der Waals surface area contributed by atoms with Gasteiger partial charge in [-0.25, -0.2) is 0 Å². The number of nitrogens with two attached hydrogens (primary N) is 1. The van der Waals surface area contributed by atoms with E-state index in [2.05, 4.69) is 5.32 Å². The van der Waals surface area contributed by atoms with Gasteiger partial charge in [-0.2, -0.15) is 0 Å². The molecule has 0 radical (unpaired) electrons. The van der Waals surface area contributed by atoms with E-state index in [4.69, 9.17) is 19.9 Å². The van der Waals surface area contributed by atoms with E-state index in [0.717, 1.165) is 37.2 Å². The van der Waals surface area contributed by atoms with Crippen molar-refractivity contribution in [2.45, 2.75) is 50.7 Å². The Bertz CT molecular complexity index is 693. The molecule has 7 nitrogen and oxygen atoms in total. The number of amides is 2. The minimum Gasteiger partial charge on any atom is -0.490 e. The minimum atomic E-state index is -0.945. The number of primary amides is 1. The highest BCUT2D eigenvalue weighted by Gasteiger charge is 2.55. The van der Waals surface area contributed by atoms with Crippen molar-refractivity contribution >= 4 is 11.8 Å². The van der Waals surface area contributed by atoms with Gasteiger partial charge < -0.3 is 25.3 Å². The number of hydrogen-bond acceptors (Lipinski definition) is 5. The Labute approximate surface area is 145 Å². The first kappa shape index (κ1) is 16.1. The third kappa shape index (κ3) is 3.10. The molecule has 0 spiro atoms. The molecule has 0 unspecified atom stereocenters. The van der Waals surface area contributed by atoms with Crippen LogP contribution in [-0.2, 0) is 9.59 Å². The van der Waals surface area contributed by atoms with E-state index in [1.165, 1.54) is 0 Å². The minimum absolute atomic E-state index is 0.0842. The molecule has 134 valence electrons. The summed E-state index contributed by atoms with van der Waals surface area (Å²) in [5.74, 6) is 1.49. The van der Waals surface area contributed by atoms with Crippen molar-refractivity contribution < 1.29 is 23.8 Å². The second-order valence-corrected chi connectivity index (χ2v) is 7.03. The summed E-state index contributed by atoms with van der Waals surface area (Å²) in [5, 5.41) is 2.99. The number of ether oxygens (including phenoxy) is 3. The third-order valence-electron chi connectivity index (χ3n) is 5.31. The monoisotopic (exact) mass is 346 g/mol. The Hall–Kier alpha value is -2.44. The molecule has 0 atom stereocenters. The molecule has 2 aliphatic carbocycles. The van der Waals surface area contributed by atoms with E-state index in [0.29, 0.717) is 18.6 Å². The predicted octanol–water partition coefficient (Wildman–Crippen LogP) is 1.49. The van der Waals surface area contributed by atoms with E-state index in [1.54, 1.807) is 0 Å². The standard InChI is InChI=1S/C18H22N2O5/c19-16(21)18(7-8-18)17(22)20-11-1-3-12(4-2-11)25-13-5-6-14-15(9-13)24-10-23-14/h5-6,9,11-12H,1-4,7-8,10H2,(H2,19,21)(H,20,22). The normalized spacial score (nSPS) is 25.9. The van der Waals surface area contributed by atoms with E-state index in [-0.39, 0.29) is 24.8 Å². The molecule has 3 N–H and O–H groups in total. The number of fused-ring (bicyclic) bond motifs is 1. The lowest BCUT2D eigenvalue weighted by atomic mass is 9.92. The predicted molar refractivity (Wildman–Crippen MR) is 88.2 cm³/mol. The molecular formula is C18H22N2O5. The highest BCUT2D eigenvalue weighted by Crippen LogP contribution is 2.45. The van der Waals surface area contributed by atoms with Crippen molar-refractivity contribution in [3.63, 3.8) is 0 Å². The molecule has 1 aliphatic heterocycles. The van der Waals surface area contributed by atoms with Crippen LogP contribution in [0, 0.1) is 5.41 Å². The van der Waals surface area contributed by atoms with Crippen LogP contribution in [0.1, 0.15) is 38.5 Å². The van der Waals surface area contributed by atoms with Gasteiger partial charge in [0.1, 0.15) is 11.2 Å². The molecule has 1 aromatic carbocycles.